The Hall–Kier alpha value is -1.93. The molecular formula is C15H16ClN3O4S. The summed E-state index contributed by atoms with van der Waals surface area (Å²) in [7, 11) is -3.96. The molecule has 0 radical (unpaired) electrons. The molecule has 0 bridgehead atoms. The van der Waals surface area contributed by atoms with Crippen molar-refractivity contribution in [2.45, 2.75) is 24.5 Å². The number of aromatic nitrogens is 2. The number of sulfone groups is 1. The fraction of sp³-hybridized carbons (Fsp3) is 0.400. The van der Waals surface area contributed by atoms with Crippen LogP contribution >= 0.6 is 11.6 Å². The maximum absolute atomic E-state index is 12.3. The van der Waals surface area contributed by atoms with Crippen molar-refractivity contribution in [1.82, 2.24) is 15.1 Å². The first-order valence-corrected chi connectivity index (χ1v) is 9.59. The molecule has 9 heteroatoms. The zero-order valence-corrected chi connectivity index (χ0v) is 14.4. The lowest BCUT2D eigenvalue weighted by atomic mass is 10.1. The third kappa shape index (κ3) is 3.76. The number of likely N-dealkylation sites (tertiary alicyclic amines) is 1. The molecule has 1 fully saturated rings. The highest BCUT2D eigenvalue weighted by molar-refractivity contribution is 7.91. The van der Waals surface area contributed by atoms with Crippen molar-refractivity contribution >= 4 is 27.3 Å². The van der Waals surface area contributed by atoms with Gasteiger partial charge in [0.15, 0.2) is 0 Å². The van der Waals surface area contributed by atoms with Gasteiger partial charge in [-0.05, 0) is 43.5 Å². The molecule has 0 atom stereocenters. The molecule has 1 aliphatic rings. The summed E-state index contributed by atoms with van der Waals surface area (Å²) in [4.78, 5) is 13.7. The first-order chi connectivity index (χ1) is 11.5. The van der Waals surface area contributed by atoms with Gasteiger partial charge in [0.1, 0.15) is 5.75 Å². The second kappa shape index (κ2) is 6.90. The van der Waals surface area contributed by atoms with Gasteiger partial charge < -0.3 is 9.32 Å². The van der Waals surface area contributed by atoms with Crippen LogP contribution in [-0.2, 0) is 14.6 Å². The Labute approximate surface area is 144 Å². The zero-order valence-electron chi connectivity index (χ0n) is 12.8. The van der Waals surface area contributed by atoms with Crippen LogP contribution < -0.4 is 0 Å². The molecule has 0 unspecified atom stereocenters. The fourth-order valence-corrected chi connectivity index (χ4v) is 3.63. The molecule has 0 saturated carbocycles. The van der Waals surface area contributed by atoms with Gasteiger partial charge in [-0.2, -0.15) is 0 Å². The van der Waals surface area contributed by atoms with E-state index in [1.165, 1.54) is 0 Å². The molecule has 7 nitrogen and oxygen atoms in total. The first-order valence-electron chi connectivity index (χ1n) is 7.56. The highest BCUT2D eigenvalue weighted by Crippen LogP contribution is 2.22. The highest BCUT2D eigenvalue weighted by Gasteiger charge is 2.29. The fourth-order valence-electron chi connectivity index (χ4n) is 2.50. The standard InChI is InChI=1S/C15H16ClN3O4S/c16-12-6-4-11(5-7-12)14-17-18-15(23-14)24(21,22)10-13(20)19-8-2-1-3-9-19/h4-7H,1-3,8-10H2. The largest absolute Gasteiger partial charge is 0.408 e. The summed E-state index contributed by atoms with van der Waals surface area (Å²) in [6, 6.07) is 6.56. The molecule has 3 rings (SSSR count). The van der Waals surface area contributed by atoms with Crippen molar-refractivity contribution < 1.29 is 17.6 Å². The van der Waals surface area contributed by atoms with Gasteiger partial charge in [-0.3, -0.25) is 4.79 Å². The highest BCUT2D eigenvalue weighted by atomic mass is 35.5. The van der Waals surface area contributed by atoms with Gasteiger partial charge in [-0.1, -0.05) is 16.7 Å². The van der Waals surface area contributed by atoms with Crippen LogP contribution in [0.25, 0.3) is 11.5 Å². The topological polar surface area (TPSA) is 93.4 Å². The minimum absolute atomic E-state index is 0.0654. The van der Waals surface area contributed by atoms with E-state index < -0.39 is 26.7 Å². The van der Waals surface area contributed by atoms with Crippen LogP contribution in [0.4, 0.5) is 0 Å². The summed E-state index contributed by atoms with van der Waals surface area (Å²) in [5.74, 6) is -1.02. The van der Waals surface area contributed by atoms with E-state index in [2.05, 4.69) is 10.2 Å². The van der Waals surface area contributed by atoms with Crippen LogP contribution in [0, 0.1) is 0 Å². The lowest BCUT2D eigenvalue weighted by Gasteiger charge is -2.26. The number of hydrogen-bond acceptors (Lipinski definition) is 6. The van der Waals surface area contributed by atoms with Crippen LogP contribution in [0.1, 0.15) is 19.3 Å². The molecular weight excluding hydrogens is 354 g/mol. The molecule has 2 heterocycles. The van der Waals surface area contributed by atoms with Gasteiger partial charge in [0, 0.05) is 23.7 Å². The Bertz CT molecular complexity index is 827. The molecule has 0 spiro atoms. The number of carbonyl (C=O) groups is 1. The molecule has 1 aromatic carbocycles. The monoisotopic (exact) mass is 369 g/mol. The van der Waals surface area contributed by atoms with Crippen molar-refractivity contribution in [2.24, 2.45) is 0 Å². The molecule has 1 aliphatic heterocycles. The summed E-state index contributed by atoms with van der Waals surface area (Å²) >= 11 is 5.80. The van der Waals surface area contributed by atoms with Gasteiger partial charge >= 0.3 is 5.22 Å². The number of amides is 1. The van der Waals surface area contributed by atoms with Gasteiger partial charge in [0.2, 0.25) is 21.6 Å². The first kappa shape index (κ1) is 16.9. The third-order valence-corrected chi connectivity index (χ3v) is 5.36. The smallest absolute Gasteiger partial charge is 0.336 e. The SMILES string of the molecule is O=C(CS(=O)(=O)c1nnc(-c2ccc(Cl)cc2)o1)N1CCCCC1. The van der Waals surface area contributed by atoms with Gasteiger partial charge in [0.05, 0.1) is 0 Å². The van der Waals surface area contributed by atoms with Crippen molar-refractivity contribution in [1.29, 1.82) is 0 Å². The number of benzene rings is 1. The predicted molar refractivity (Wildman–Crippen MR) is 87.2 cm³/mol. The van der Waals surface area contributed by atoms with Crippen LogP contribution in [0.5, 0.6) is 0 Å². The minimum Gasteiger partial charge on any atom is -0.408 e. The molecule has 2 aromatic rings. The second-order valence-corrected chi connectivity index (χ2v) is 7.88. The Morgan fingerprint density at radius 3 is 2.46 bits per heavy atom. The molecule has 128 valence electrons. The number of piperidine rings is 1. The van der Waals surface area contributed by atoms with Crippen molar-refractivity contribution in [3.63, 3.8) is 0 Å². The quantitative estimate of drug-likeness (QED) is 0.819. The molecule has 1 amide bonds. The van der Waals surface area contributed by atoms with Gasteiger partial charge in [-0.25, -0.2) is 8.42 Å². The maximum atomic E-state index is 12.3. The normalized spacial score (nSPS) is 15.5. The van der Waals surface area contributed by atoms with Crippen LogP contribution in [0.2, 0.25) is 5.02 Å². The average molecular weight is 370 g/mol. The Morgan fingerprint density at radius 2 is 1.79 bits per heavy atom. The molecule has 24 heavy (non-hydrogen) atoms. The minimum atomic E-state index is -3.96. The number of nitrogens with zero attached hydrogens (tertiary/aromatic N) is 3. The van der Waals surface area contributed by atoms with E-state index in [9.17, 15) is 13.2 Å². The number of hydrogen-bond donors (Lipinski definition) is 0. The lowest BCUT2D eigenvalue weighted by Crippen LogP contribution is -2.39. The lowest BCUT2D eigenvalue weighted by molar-refractivity contribution is -0.129. The Balaban J connectivity index is 1.75. The average Bonchev–Trinajstić information content (AvgIpc) is 3.07. The van der Waals surface area contributed by atoms with Gasteiger partial charge in [0.25, 0.3) is 0 Å². The predicted octanol–water partition coefficient (Wildman–Crippen LogP) is 2.18. The van der Waals surface area contributed by atoms with Crippen LogP contribution in [0.3, 0.4) is 0 Å². The van der Waals surface area contributed by atoms with E-state index in [1.54, 1.807) is 29.2 Å². The van der Waals surface area contributed by atoms with Crippen LogP contribution in [0.15, 0.2) is 33.9 Å². The Morgan fingerprint density at radius 1 is 1.12 bits per heavy atom. The second-order valence-electron chi connectivity index (χ2n) is 5.58. The summed E-state index contributed by atoms with van der Waals surface area (Å²) in [6.07, 6.45) is 2.85. The Kier molecular flexibility index (Phi) is 4.86. The van der Waals surface area contributed by atoms with Crippen LogP contribution in [-0.4, -0.2) is 48.3 Å². The molecule has 0 aliphatic carbocycles. The third-order valence-electron chi connectivity index (χ3n) is 3.79. The van der Waals surface area contributed by atoms with E-state index in [0.717, 1.165) is 19.3 Å². The number of carbonyl (C=O) groups excluding carboxylic acids is 1. The number of rotatable bonds is 4. The molecule has 1 saturated heterocycles. The van der Waals surface area contributed by atoms with E-state index in [0.29, 0.717) is 23.7 Å². The maximum Gasteiger partial charge on any atom is 0.336 e. The number of halogens is 1. The van der Waals surface area contributed by atoms with Crippen molar-refractivity contribution in [3.05, 3.63) is 29.3 Å². The van der Waals surface area contributed by atoms with E-state index in [1.807, 2.05) is 0 Å². The molecule has 1 aromatic heterocycles. The summed E-state index contributed by atoms with van der Waals surface area (Å²) in [6.45, 7) is 1.18. The zero-order chi connectivity index (χ0) is 17.2. The summed E-state index contributed by atoms with van der Waals surface area (Å²) in [5, 5.41) is 7.31. The van der Waals surface area contributed by atoms with Crippen molar-refractivity contribution in [3.8, 4) is 11.5 Å². The summed E-state index contributed by atoms with van der Waals surface area (Å²) < 4.78 is 29.9. The van der Waals surface area contributed by atoms with E-state index in [-0.39, 0.29) is 5.89 Å². The van der Waals surface area contributed by atoms with Crippen molar-refractivity contribution in [2.75, 3.05) is 18.8 Å². The van der Waals surface area contributed by atoms with E-state index in [4.69, 9.17) is 16.0 Å². The van der Waals surface area contributed by atoms with Gasteiger partial charge in [-0.15, -0.1) is 5.10 Å². The van der Waals surface area contributed by atoms with E-state index >= 15 is 0 Å². The summed E-state index contributed by atoms with van der Waals surface area (Å²) in [5.41, 5.74) is 0.552. The molecule has 0 N–H and O–H groups in total.